The summed E-state index contributed by atoms with van der Waals surface area (Å²) in [5, 5.41) is 0. The highest BCUT2D eigenvalue weighted by Crippen LogP contribution is 2.64. The average Bonchev–Trinajstić information content (AvgIpc) is 2.56. The maximum atomic E-state index is 10.7. The van der Waals surface area contributed by atoms with Gasteiger partial charge in [-0.05, 0) is 24.3 Å². The van der Waals surface area contributed by atoms with Crippen LogP contribution in [0.15, 0.2) is 34.2 Å². The van der Waals surface area contributed by atoms with Crippen molar-refractivity contribution < 1.29 is 13.0 Å². The summed E-state index contributed by atoms with van der Waals surface area (Å²) < 4.78 is 30.0. The quantitative estimate of drug-likeness (QED) is 0.509. The molecule has 0 fully saturated rings. The van der Waals surface area contributed by atoms with Crippen molar-refractivity contribution in [1.82, 2.24) is 0 Å². The Bertz CT molecular complexity index is 556. The molecule has 0 amide bonds. The van der Waals surface area contributed by atoms with Crippen LogP contribution < -0.4 is 0 Å². The van der Waals surface area contributed by atoms with E-state index in [0.717, 1.165) is 10.6 Å². The van der Waals surface area contributed by atoms with Crippen molar-refractivity contribution in [3.63, 3.8) is 0 Å². The molecule has 1 aliphatic rings. The lowest BCUT2D eigenvalue weighted by Crippen LogP contribution is -2.08. The fourth-order valence-electron chi connectivity index (χ4n) is 1.69. The zero-order chi connectivity index (χ0) is 12.5. The number of rotatable bonds is 4. The Morgan fingerprint density at radius 2 is 2.06 bits per heavy atom. The number of fused-ring (bicyclic) bond motifs is 1. The molecule has 1 atom stereocenters. The highest BCUT2D eigenvalue weighted by atomic mass is 33.1. The molecule has 0 aromatic heterocycles. The van der Waals surface area contributed by atoms with Crippen LogP contribution in [-0.2, 0) is 10.1 Å². The largest absolute Gasteiger partial charge is 0.286 e. The molecule has 7 heteroatoms. The monoisotopic (exact) mass is 291 g/mol. The summed E-state index contributed by atoms with van der Waals surface area (Å²) in [6.07, 6.45) is 0.387. The molecule has 1 aromatic rings. The van der Waals surface area contributed by atoms with Gasteiger partial charge in [0.2, 0.25) is 0 Å². The van der Waals surface area contributed by atoms with E-state index in [9.17, 15) is 8.42 Å². The van der Waals surface area contributed by atoms with Gasteiger partial charge in [0, 0.05) is 4.90 Å². The fourth-order valence-corrected chi connectivity index (χ4v) is 5.48. The summed E-state index contributed by atoms with van der Waals surface area (Å²) in [7, 11) is -5.34. The Hall–Kier alpha value is -0.500. The van der Waals surface area contributed by atoms with Gasteiger partial charge in [-0.2, -0.15) is 8.42 Å². The zero-order valence-corrected chi connectivity index (χ0v) is 11.5. The summed E-state index contributed by atoms with van der Waals surface area (Å²) in [4.78, 5) is 5.36. The molecule has 0 saturated carbocycles. The predicted octanol–water partition coefficient (Wildman–Crippen LogP) is 2.65. The normalized spacial score (nSPS) is 26.5. The first-order valence-electron chi connectivity index (χ1n) is 5.02. The third kappa shape index (κ3) is 3.04. The van der Waals surface area contributed by atoms with Crippen LogP contribution in [0.25, 0.3) is 0 Å². The summed E-state index contributed by atoms with van der Waals surface area (Å²) in [5.74, 6) is 0.384. The molecule has 0 radical (unpaired) electrons. The molecule has 2 rings (SSSR count). The molecule has 17 heavy (non-hydrogen) atoms. The smallest absolute Gasteiger partial charge is 0.264 e. The van der Waals surface area contributed by atoms with Gasteiger partial charge in [0.15, 0.2) is 0 Å². The molecule has 1 aromatic carbocycles. The SMILES string of the molecule is O=S(=O)(O)CCCS1(S)C=Nc2ccccc21. The molecule has 1 aliphatic heterocycles. The van der Waals surface area contributed by atoms with Crippen molar-refractivity contribution in [1.29, 1.82) is 0 Å². The standard InChI is InChI=1S/C10H13NO3S3/c12-17(13,14)7-3-6-16(15)8-11-9-4-1-2-5-10(9)16/h1-2,4-5,8,15H,3,6-7H2,(H,12,13,14). The van der Waals surface area contributed by atoms with Gasteiger partial charge in [-0.3, -0.25) is 4.55 Å². The summed E-state index contributed by atoms with van der Waals surface area (Å²) in [6.45, 7) is 0. The van der Waals surface area contributed by atoms with Crippen LogP contribution in [0, 0.1) is 0 Å². The number of benzene rings is 1. The van der Waals surface area contributed by atoms with Crippen molar-refractivity contribution >= 4 is 42.1 Å². The van der Waals surface area contributed by atoms with E-state index in [4.69, 9.17) is 4.55 Å². The summed E-state index contributed by atoms with van der Waals surface area (Å²) in [5.41, 5.74) is 2.72. The molecule has 0 aliphatic carbocycles. The molecular weight excluding hydrogens is 278 g/mol. The number of para-hydroxylation sites is 1. The molecule has 0 saturated heterocycles. The van der Waals surface area contributed by atoms with Crippen LogP contribution in [0.5, 0.6) is 0 Å². The van der Waals surface area contributed by atoms with Crippen molar-refractivity contribution in [2.45, 2.75) is 11.3 Å². The lowest BCUT2D eigenvalue weighted by Gasteiger charge is -2.26. The van der Waals surface area contributed by atoms with Crippen LogP contribution in [0.3, 0.4) is 0 Å². The highest BCUT2D eigenvalue weighted by Gasteiger charge is 2.27. The van der Waals surface area contributed by atoms with Gasteiger partial charge in [0.05, 0.1) is 17.0 Å². The molecule has 4 nitrogen and oxygen atoms in total. The van der Waals surface area contributed by atoms with E-state index >= 15 is 0 Å². The Labute approximate surface area is 107 Å². The molecule has 1 unspecified atom stereocenters. The Balaban J connectivity index is 2.10. The second kappa shape index (κ2) is 4.64. The number of aliphatic imine (C=N–C) groups is 1. The maximum Gasteiger partial charge on any atom is 0.264 e. The van der Waals surface area contributed by atoms with Crippen LogP contribution in [0.2, 0.25) is 0 Å². The van der Waals surface area contributed by atoms with Crippen LogP contribution in [0.1, 0.15) is 6.42 Å². The van der Waals surface area contributed by atoms with Crippen molar-refractivity contribution in [2.75, 3.05) is 11.5 Å². The lowest BCUT2D eigenvalue weighted by molar-refractivity contribution is 0.482. The minimum absolute atomic E-state index is 0.224. The van der Waals surface area contributed by atoms with E-state index < -0.39 is 19.2 Å². The van der Waals surface area contributed by atoms with E-state index in [1.165, 1.54) is 0 Å². The molecule has 0 spiro atoms. The Morgan fingerprint density at radius 1 is 1.35 bits per heavy atom. The van der Waals surface area contributed by atoms with Crippen molar-refractivity contribution in [3.8, 4) is 0 Å². The van der Waals surface area contributed by atoms with Gasteiger partial charge in [0.25, 0.3) is 10.1 Å². The third-order valence-corrected chi connectivity index (χ3v) is 7.17. The fraction of sp³-hybridized carbons (Fsp3) is 0.300. The van der Waals surface area contributed by atoms with E-state index in [0.29, 0.717) is 12.2 Å². The van der Waals surface area contributed by atoms with Gasteiger partial charge >= 0.3 is 0 Å². The Kier molecular flexibility index (Phi) is 3.53. The lowest BCUT2D eigenvalue weighted by atomic mass is 10.3. The topological polar surface area (TPSA) is 66.7 Å². The van der Waals surface area contributed by atoms with Gasteiger partial charge in [-0.1, -0.05) is 12.1 Å². The second-order valence-corrected chi connectivity index (χ2v) is 9.90. The summed E-state index contributed by atoms with van der Waals surface area (Å²) in [6, 6.07) is 7.72. The van der Waals surface area contributed by atoms with Gasteiger partial charge in [0.1, 0.15) is 0 Å². The predicted molar refractivity (Wildman–Crippen MR) is 75.3 cm³/mol. The molecule has 1 N–H and O–H groups in total. The average molecular weight is 291 g/mol. The Morgan fingerprint density at radius 3 is 2.76 bits per heavy atom. The molecule has 94 valence electrons. The number of hydrogen-bond acceptors (Lipinski definition) is 4. The number of thiol groups is 1. The first-order chi connectivity index (χ1) is 7.91. The van der Waals surface area contributed by atoms with Crippen LogP contribution >= 0.6 is 20.7 Å². The number of hydrogen-bond donors (Lipinski definition) is 2. The molecular formula is C10H13NO3S3. The maximum absolute atomic E-state index is 10.7. The summed E-state index contributed by atoms with van der Waals surface area (Å²) >= 11 is 4.65. The van der Waals surface area contributed by atoms with Gasteiger partial charge in [-0.15, -0.1) is 20.7 Å². The zero-order valence-electron chi connectivity index (χ0n) is 8.98. The first kappa shape index (κ1) is 12.9. The molecule has 0 bridgehead atoms. The van der Waals surface area contributed by atoms with Gasteiger partial charge < -0.3 is 0 Å². The minimum Gasteiger partial charge on any atom is -0.286 e. The first-order valence-corrected chi connectivity index (χ1v) is 9.55. The van der Waals surface area contributed by atoms with E-state index in [-0.39, 0.29) is 5.75 Å². The van der Waals surface area contributed by atoms with Gasteiger partial charge in [-0.25, -0.2) is 4.99 Å². The van der Waals surface area contributed by atoms with Crippen LogP contribution in [0.4, 0.5) is 5.69 Å². The highest BCUT2D eigenvalue weighted by molar-refractivity contribution is 8.93. The van der Waals surface area contributed by atoms with E-state index in [1.807, 2.05) is 29.8 Å². The van der Waals surface area contributed by atoms with E-state index in [2.05, 4.69) is 16.7 Å². The number of nitrogens with zero attached hydrogens (tertiary/aromatic N) is 1. The van der Waals surface area contributed by atoms with E-state index in [1.54, 1.807) is 0 Å². The van der Waals surface area contributed by atoms with Crippen molar-refractivity contribution in [3.05, 3.63) is 24.3 Å². The van der Waals surface area contributed by atoms with Crippen LogP contribution in [-0.4, -0.2) is 30.0 Å². The minimum atomic E-state index is -3.89. The second-order valence-electron chi connectivity index (χ2n) is 3.80. The van der Waals surface area contributed by atoms with Crippen molar-refractivity contribution in [2.24, 2.45) is 4.99 Å². The third-order valence-electron chi connectivity index (χ3n) is 2.47. The molecule has 1 heterocycles.